The average Bonchev–Trinajstić information content (AvgIpc) is 2.67. The van der Waals surface area contributed by atoms with Gasteiger partial charge < -0.3 is 5.32 Å². The molecule has 0 saturated carbocycles. The van der Waals surface area contributed by atoms with Crippen LogP contribution in [0.25, 0.3) is 10.8 Å². The molecular weight excluding hydrogens is 326 g/mol. The highest BCUT2D eigenvalue weighted by Gasteiger charge is 2.08. The Labute approximate surface area is 151 Å². The van der Waals surface area contributed by atoms with Gasteiger partial charge in [0, 0.05) is 12.1 Å². The Morgan fingerprint density at radius 2 is 1.58 bits per heavy atom. The number of hydrogen-bond acceptors (Lipinski definition) is 3. The maximum Gasteiger partial charge on any atom is 0.249 e. The van der Waals surface area contributed by atoms with Crippen molar-refractivity contribution in [3.05, 3.63) is 83.9 Å². The molecule has 0 aromatic heterocycles. The molecule has 0 spiro atoms. The third kappa shape index (κ3) is 4.77. The van der Waals surface area contributed by atoms with E-state index >= 15 is 0 Å². The summed E-state index contributed by atoms with van der Waals surface area (Å²) in [5, 5.41) is 8.82. The molecule has 5 heteroatoms. The van der Waals surface area contributed by atoms with Gasteiger partial charge in [-0.05, 0) is 16.3 Å². The summed E-state index contributed by atoms with van der Waals surface area (Å²) in [6.07, 6.45) is 1.32. The van der Waals surface area contributed by atoms with E-state index in [4.69, 9.17) is 0 Å². The second-order valence-electron chi connectivity index (χ2n) is 5.80. The number of hydrazone groups is 1. The average molecular weight is 345 g/mol. The SMILES string of the molecule is O=C(CC(=O)N/N=C/c1cccc2ccccc12)NCc1ccccc1. The minimum absolute atomic E-state index is 0.264. The monoisotopic (exact) mass is 345 g/mol. The fraction of sp³-hybridized carbons (Fsp3) is 0.0952. The third-order valence-corrected chi connectivity index (χ3v) is 3.87. The summed E-state index contributed by atoms with van der Waals surface area (Å²) in [5.74, 6) is -0.793. The largest absolute Gasteiger partial charge is 0.352 e. The van der Waals surface area contributed by atoms with Crippen molar-refractivity contribution in [2.75, 3.05) is 0 Å². The van der Waals surface area contributed by atoms with Crippen LogP contribution < -0.4 is 10.7 Å². The zero-order chi connectivity index (χ0) is 18.2. The van der Waals surface area contributed by atoms with Gasteiger partial charge in [0.15, 0.2) is 0 Å². The molecular formula is C21H19N3O2. The first-order valence-electron chi connectivity index (χ1n) is 8.32. The van der Waals surface area contributed by atoms with Crippen LogP contribution in [0, 0.1) is 0 Å². The normalized spacial score (nSPS) is 10.8. The number of amides is 2. The van der Waals surface area contributed by atoms with E-state index in [9.17, 15) is 9.59 Å². The molecule has 0 fully saturated rings. The molecule has 5 nitrogen and oxygen atoms in total. The van der Waals surface area contributed by atoms with Crippen molar-refractivity contribution in [3.63, 3.8) is 0 Å². The quantitative estimate of drug-likeness (QED) is 0.410. The Hall–Kier alpha value is -3.47. The van der Waals surface area contributed by atoms with Crippen LogP contribution in [-0.2, 0) is 16.1 Å². The van der Waals surface area contributed by atoms with E-state index in [-0.39, 0.29) is 12.3 Å². The van der Waals surface area contributed by atoms with Gasteiger partial charge in [-0.25, -0.2) is 5.43 Å². The van der Waals surface area contributed by atoms with Crippen LogP contribution >= 0.6 is 0 Å². The van der Waals surface area contributed by atoms with Crippen molar-refractivity contribution in [2.45, 2.75) is 13.0 Å². The molecule has 130 valence electrons. The van der Waals surface area contributed by atoms with Gasteiger partial charge in [0.25, 0.3) is 0 Å². The van der Waals surface area contributed by atoms with Crippen LogP contribution in [0.5, 0.6) is 0 Å². The molecule has 0 radical (unpaired) electrons. The van der Waals surface area contributed by atoms with E-state index in [1.807, 2.05) is 72.8 Å². The molecule has 0 unspecified atom stereocenters. The predicted octanol–water partition coefficient (Wildman–Crippen LogP) is 3.00. The van der Waals surface area contributed by atoms with E-state index in [0.717, 1.165) is 21.9 Å². The van der Waals surface area contributed by atoms with E-state index in [0.29, 0.717) is 6.54 Å². The highest BCUT2D eigenvalue weighted by molar-refractivity contribution is 6.00. The predicted molar refractivity (Wildman–Crippen MR) is 103 cm³/mol. The zero-order valence-electron chi connectivity index (χ0n) is 14.2. The van der Waals surface area contributed by atoms with Crippen molar-refractivity contribution >= 4 is 28.8 Å². The van der Waals surface area contributed by atoms with Gasteiger partial charge in [0.1, 0.15) is 6.42 Å². The van der Waals surface area contributed by atoms with Gasteiger partial charge >= 0.3 is 0 Å². The standard InChI is InChI=1S/C21H19N3O2/c25-20(22-14-16-7-2-1-3-8-16)13-21(26)24-23-15-18-11-6-10-17-9-4-5-12-19(17)18/h1-12,15H,13-14H2,(H,22,25)(H,24,26)/b23-15+. The highest BCUT2D eigenvalue weighted by Crippen LogP contribution is 2.16. The smallest absolute Gasteiger partial charge is 0.249 e. The summed E-state index contributed by atoms with van der Waals surface area (Å²) in [6.45, 7) is 0.395. The van der Waals surface area contributed by atoms with Gasteiger partial charge in [-0.15, -0.1) is 0 Å². The number of nitrogens with one attached hydrogen (secondary N) is 2. The molecule has 0 bridgehead atoms. The van der Waals surface area contributed by atoms with Crippen molar-refractivity contribution in [2.24, 2.45) is 5.10 Å². The molecule has 0 aliphatic heterocycles. The number of carbonyl (C=O) groups excluding carboxylic acids is 2. The minimum atomic E-state index is -0.452. The number of fused-ring (bicyclic) bond motifs is 1. The summed E-state index contributed by atoms with van der Waals surface area (Å²) < 4.78 is 0. The van der Waals surface area contributed by atoms with Gasteiger partial charge in [-0.3, -0.25) is 9.59 Å². The third-order valence-electron chi connectivity index (χ3n) is 3.87. The second kappa shape index (κ2) is 8.58. The lowest BCUT2D eigenvalue weighted by atomic mass is 10.1. The van der Waals surface area contributed by atoms with Crippen LogP contribution in [0.4, 0.5) is 0 Å². The Balaban J connectivity index is 1.50. The summed E-state index contributed by atoms with van der Waals surface area (Å²) in [7, 11) is 0. The number of hydrogen-bond donors (Lipinski definition) is 2. The highest BCUT2D eigenvalue weighted by atomic mass is 16.2. The molecule has 0 saturated heterocycles. The van der Waals surface area contributed by atoms with Gasteiger partial charge in [-0.1, -0.05) is 72.8 Å². The summed E-state index contributed by atoms with van der Waals surface area (Å²) in [6, 6.07) is 23.3. The van der Waals surface area contributed by atoms with Gasteiger partial charge in [0.2, 0.25) is 11.8 Å². The van der Waals surface area contributed by atoms with Crippen LogP contribution in [0.3, 0.4) is 0 Å². The van der Waals surface area contributed by atoms with Crippen molar-refractivity contribution < 1.29 is 9.59 Å². The summed E-state index contributed by atoms with van der Waals surface area (Å²) in [5.41, 5.74) is 4.28. The maximum atomic E-state index is 11.8. The van der Waals surface area contributed by atoms with Crippen LogP contribution in [-0.4, -0.2) is 18.0 Å². The lowest BCUT2D eigenvalue weighted by molar-refractivity contribution is -0.129. The van der Waals surface area contributed by atoms with Crippen LogP contribution in [0.1, 0.15) is 17.5 Å². The number of benzene rings is 3. The maximum absolute atomic E-state index is 11.8. The van der Waals surface area contributed by atoms with Crippen molar-refractivity contribution in [3.8, 4) is 0 Å². The first-order valence-corrected chi connectivity index (χ1v) is 8.32. The fourth-order valence-electron chi connectivity index (χ4n) is 2.58. The van der Waals surface area contributed by atoms with E-state index < -0.39 is 5.91 Å². The molecule has 2 amide bonds. The lowest BCUT2D eigenvalue weighted by Crippen LogP contribution is -2.29. The molecule has 0 aliphatic rings. The topological polar surface area (TPSA) is 70.6 Å². The first-order chi connectivity index (χ1) is 12.7. The fourth-order valence-corrected chi connectivity index (χ4v) is 2.58. The van der Waals surface area contributed by atoms with Crippen LogP contribution in [0.2, 0.25) is 0 Å². The Morgan fingerprint density at radius 1 is 0.846 bits per heavy atom. The van der Waals surface area contributed by atoms with Crippen molar-refractivity contribution in [1.29, 1.82) is 0 Å². The second-order valence-corrected chi connectivity index (χ2v) is 5.80. The molecule has 3 aromatic carbocycles. The molecule has 3 aromatic rings. The van der Waals surface area contributed by atoms with Gasteiger partial charge in [-0.2, -0.15) is 5.10 Å². The molecule has 3 rings (SSSR count). The molecule has 0 atom stereocenters. The minimum Gasteiger partial charge on any atom is -0.352 e. The van der Waals surface area contributed by atoms with E-state index in [2.05, 4.69) is 15.8 Å². The number of nitrogens with zero attached hydrogens (tertiary/aromatic N) is 1. The Bertz CT molecular complexity index is 931. The Morgan fingerprint density at radius 3 is 2.42 bits per heavy atom. The van der Waals surface area contributed by atoms with Crippen molar-refractivity contribution in [1.82, 2.24) is 10.7 Å². The Kier molecular flexibility index (Phi) is 5.72. The summed E-state index contributed by atoms with van der Waals surface area (Å²) in [4.78, 5) is 23.6. The number of carbonyl (C=O) groups is 2. The molecule has 0 aliphatic carbocycles. The summed E-state index contributed by atoms with van der Waals surface area (Å²) >= 11 is 0. The molecule has 0 heterocycles. The zero-order valence-corrected chi connectivity index (χ0v) is 14.2. The molecule has 2 N–H and O–H groups in total. The van der Waals surface area contributed by atoms with E-state index in [1.165, 1.54) is 0 Å². The first kappa shape index (κ1) is 17.4. The van der Waals surface area contributed by atoms with Gasteiger partial charge in [0.05, 0.1) is 6.21 Å². The van der Waals surface area contributed by atoms with E-state index in [1.54, 1.807) is 6.21 Å². The molecule has 26 heavy (non-hydrogen) atoms. The van der Waals surface area contributed by atoms with Crippen LogP contribution in [0.15, 0.2) is 77.9 Å². The lowest BCUT2D eigenvalue weighted by Gasteiger charge is -2.05. The number of rotatable bonds is 6.